The molecule has 0 bridgehead atoms. The van der Waals surface area contributed by atoms with Crippen LogP contribution < -0.4 is 5.32 Å². The highest BCUT2D eigenvalue weighted by atomic mass is 16.4. The number of nitrogens with zero attached hydrogens (tertiary/aromatic N) is 2. The minimum Gasteiger partial charge on any atom is -0.481 e. The molecular formula is C22H29N3O3. The van der Waals surface area contributed by atoms with Crippen LogP contribution in [0.2, 0.25) is 0 Å². The molecule has 1 aliphatic rings. The maximum absolute atomic E-state index is 12.9. The minimum absolute atomic E-state index is 0.0259. The number of aromatic nitrogens is 2. The van der Waals surface area contributed by atoms with Crippen LogP contribution in [0.3, 0.4) is 0 Å². The van der Waals surface area contributed by atoms with E-state index in [9.17, 15) is 9.59 Å². The predicted octanol–water partition coefficient (Wildman–Crippen LogP) is 3.90. The van der Waals surface area contributed by atoms with Crippen molar-refractivity contribution in [2.24, 2.45) is 0 Å². The molecule has 1 aromatic carbocycles. The molecule has 1 heterocycles. The van der Waals surface area contributed by atoms with E-state index in [1.807, 2.05) is 41.9 Å². The van der Waals surface area contributed by atoms with Crippen molar-refractivity contribution in [2.45, 2.75) is 70.4 Å². The molecule has 28 heavy (non-hydrogen) atoms. The average molecular weight is 383 g/mol. The first kappa shape index (κ1) is 20.1. The number of rotatable bonds is 8. The molecule has 1 atom stereocenters. The van der Waals surface area contributed by atoms with E-state index < -0.39 is 5.97 Å². The summed E-state index contributed by atoms with van der Waals surface area (Å²) >= 11 is 0. The number of nitrogens with one attached hydrogen (secondary N) is 1. The standard InChI is InChI=1S/C22H29N3O3/c1-16-20(15-23-25(16)19-10-6-3-7-11-19)22(28)24-18(12-13-21(26)27)14-17-8-4-2-5-9-17/h2,4-5,8-9,15,18-19H,3,6-7,10-14H2,1H3,(H,24,28)(H,26,27). The molecule has 1 unspecified atom stereocenters. The van der Waals surface area contributed by atoms with Crippen molar-refractivity contribution in [1.82, 2.24) is 15.1 Å². The molecule has 3 rings (SSSR count). The maximum Gasteiger partial charge on any atom is 0.303 e. The van der Waals surface area contributed by atoms with Crippen LogP contribution in [0.5, 0.6) is 0 Å². The first-order valence-electron chi connectivity index (χ1n) is 10.1. The van der Waals surface area contributed by atoms with Gasteiger partial charge in [-0.05, 0) is 38.2 Å². The van der Waals surface area contributed by atoms with Gasteiger partial charge in [-0.1, -0.05) is 49.6 Å². The van der Waals surface area contributed by atoms with E-state index in [2.05, 4.69) is 10.4 Å². The van der Waals surface area contributed by atoms with Crippen LogP contribution in [0.1, 0.15) is 72.6 Å². The summed E-state index contributed by atoms with van der Waals surface area (Å²) in [5.41, 5.74) is 2.55. The molecule has 0 aliphatic heterocycles. The average Bonchev–Trinajstić information content (AvgIpc) is 3.09. The van der Waals surface area contributed by atoms with Gasteiger partial charge in [-0.25, -0.2) is 0 Å². The fourth-order valence-electron chi connectivity index (χ4n) is 4.02. The molecule has 1 amide bonds. The third-order valence-electron chi connectivity index (χ3n) is 5.58. The predicted molar refractivity (Wildman–Crippen MR) is 107 cm³/mol. The summed E-state index contributed by atoms with van der Waals surface area (Å²) in [6.07, 6.45) is 8.59. The third kappa shape index (κ3) is 5.21. The molecule has 6 heteroatoms. The molecule has 2 N–H and O–H groups in total. The van der Waals surface area contributed by atoms with Crippen molar-refractivity contribution >= 4 is 11.9 Å². The maximum atomic E-state index is 12.9. The van der Waals surface area contributed by atoms with Crippen LogP contribution in [0, 0.1) is 6.92 Å². The van der Waals surface area contributed by atoms with Crippen LogP contribution in [0.15, 0.2) is 36.5 Å². The summed E-state index contributed by atoms with van der Waals surface area (Å²) in [6.45, 7) is 1.94. The summed E-state index contributed by atoms with van der Waals surface area (Å²) in [7, 11) is 0. The van der Waals surface area contributed by atoms with Gasteiger partial charge in [0.1, 0.15) is 0 Å². The highest BCUT2D eigenvalue weighted by Gasteiger charge is 2.23. The van der Waals surface area contributed by atoms with Crippen molar-refractivity contribution in [1.29, 1.82) is 0 Å². The Balaban J connectivity index is 1.70. The second-order valence-corrected chi connectivity index (χ2v) is 7.67. The highest BCUT2D eigenvalue weighted by Crippen LogP contribution is 2.29. The zero-order valence-electron chi connectivity index (χ0n) is 16.4. The molecule has 0 spiro atoms. The van der Waals surface area contributed by atoms with Crippen molar-refractivity contribution in [3.63, 3.8) is 0 Å². The number of amides is 1. The van der Waals surface area contributed by atoms with Crippen molar-refractivity contribution in [3.8, 4) is 0 Å². The first-order valence-corrected chi connectivity index (χ1v) is 10.1. The SMILES string of the molecule is Cc1c(C(=O)NC(CCC(=O)O)Cc2ccccc2)cnn1C1CCCCC1. The van der Waals surface area contributed by atoms with Crippen LogP contribution in [-0.4, -0.2) is 32.8 Å². The number of benzene rings is 1. The van der Waals surface area contributed by atoms with E-state index in [0.717, 1.165) is 24.1 Å². The Bertz CT molecular complexity index is 795. The van der Waals surface area contributed by atoms with Gasteiger partial charge in [0.25, 0.3) is 5.91 Å². The zero-order valence-corrected chi connectivity index (χ0v) is 16.4. The van der Waals surface area contributed by atoms with Gasteiger partial charge in [0.05, 0.1) is 17.8 Å². The Hall–Kier alpha value is -2.63. The third-order valence-corrected chi connectivity index (χ3v) is 5.58. The summed E-state index contributed by atoms with van der Waals surface area (Å²) in [4.78, 5) is 23.9. The van der Waals surface area contributed by atoms with Gasteiger partial charge >= 0.3 is 5.97 Å². The second-order valence-electron chi connectivity index (χ2n) is 7.67. The topological polar surface area (TPSA) is 84.2 Å². The van der Waals surface area contributed by atoms with E-state index in [4.69, 9.17) is 5.11 Å². The van der Waals surface area contributed by atoms with Gasteiger partial charge in [0.15, 0.2) is 0 Å². The van der Waals surface area contributed by atoms with Crippen LogP contribution in [0.4, 0.5) is 0 Å². The molecule has 1 fully saturated rings. The lowest BCUT2D eigenvalue weighted by molar-refractivity contribution is -0.137. The molecule has 6 nitrogen and oxygen atoms in total. The largest absolute Gasteiger partial charge is 0.481 e. The Morgan fingerprint density at radius 3 is 2.61 bits per heavy atom. The van der Waals surface area contributed by atoms with Gasteiger partial charge in [-0.3, -0.25) is 14.3 Å². The number of aliphatic carboxylic acids is 1. The lowest BCUT2D eigenvalue weighted by Gasteiger charge is -2.23. The first-order chi connectivity index (χ1) is 13.5. The van der Waals surface area contributed by atoms with E-state index in [1.54, 1.807) is 6.20 Å². The minimum atomic E-state index is -0.853. The number of carbonyl (C=O) groups excluding carboxylic acids is 1. The summed E-state index contributed by atoms with van der Waals surface area (Å²) in [6, 6.07) is 9.97. The van der Waals surface area contributed by atoms with Crippen LogP contribution in [0.25, 0.3) is 0 Å². The second kappa shape index (κ2) is 9.53. The number of hydrogen-bond acceptors (Lipinski definition) is 3. The molecule has 1 saturated carbocycles. The smallest absolute Gasteiger partial charge is 0.303 e. The molecule has 2 aromatic rings. The van der Waals surface area contributed by atoms with E-state index >= 15 is 0 Å². The lowest BCUT2D eigenvalue weighted by atomic mass is 9.95. The summed E-state index contributed by atoms with van der Waals surface area (Å²) in [5, 5.41) is 16.6. The Morgan fingerprint density at radius 2 is 1.93 bits per heavy atom. The quantitative estimate of drug-likeness (QED) is 0.724. The van der Waals surface area contributed by atoms with Crippen LogP contribution >= 0.6 is 0 Å². The number of hydrogen-bond donors (Lipinski definition) is 2. The number of carboxylic acid groups (broad SMARTS) is 1. The van der Waals surface area contributed by atoms with Gasteiger partial charge in [0, 0.05) is 18.2 Å². The molecular weight excluding hydrogens is 354 g/mol. The van der Waals surface area contributed by atoms with Crippen LogP contribution in [-0.2, 0) is 11.2 Å². The zero-order chi connectivity index (χ0) is 19.9. The normalized spacial score (nSPS) is 15.9. The fourth-order valence-corrected chi connectivity index (χ4v) is 4.02. The van der Waals surface area contributed by atoms with Gasteiger partial charge < -0.3 is 10.4 Å². The van der Waals surface area contributed by atoms with Gasteiger partial charge in [-0.15, -0.1) is 0 Å². The van der Waals surface area contributed by atoms with E-state index in [-0.39, 0.29) is 18.4 Å². The Kier molecular flexibility index (Phi) is 6.85. The number of carbonyl (C=O) groups is 2. The molecule has 1 aromatic heterocycles. The fraction of sp³-hybridized carbons (Fsp3) is 0.500. The van der Waals surface area contributed by atoms with Gasteiger partial charge in [0.2, 0.25) is 0 Å². The summed E-state index contributed by atoms with van der Waals surface area (Å²) < 4.78 is 2.00. The molecule has 0 radical (unpaired) electrons. The Labute approximate surface area is 166 Å². The summed E-state index contributed by atoms with van der Waals surface area (Å²) in [5.74, 6) is -1.03. The lowest BCUT2D eigenvalue weighted by Crippen LogP contribution is -2.37. The molecule has 1 aliphatic carbocycles. The van der Waals surface area contributed by atoms with Crippen molar-refractivity contribution in [3.05, 3.63) is 53.3 Å². The van der Waals surface area contributed by atoms with E-state index in [0.29, 0.717) is 24.4 Å². The molecule has 150 valence electrons. The monoisotopic (exact) mass is 383 g/mol. The van der Waals surface area contributed by atoms with Crippen molar-refractivity contribution in [2.75, 3.05) is 0 Å². The van der Waals surface area contributed by atoms with Crippen molar-refractivity contribution < 1.29 is 14.7 Å². The molecule has 0 saturated heterocycles. The Morgan fingerprint density at radius 1 is 1.21 bits per heavy atom. The van der Waals surface area contributed by atoms with E-state index in [1.165, 1.54) is 19.3 Å². The highest BCUT2D eigenvalue weighted by molar-refractivity contribution is 5.95. The van der Waals surface area contributed by atoms with Gasteiger partial charge in [-0.2, -0.15) is 5.10 Å². The number of carboxylic acids is 1.